The molecule has 6 nitrogen and oxygen atoms in total. The van der Waals surface area contributed by atoms with E-state index in [9.17, 15) is 9.59 Å². The first-order chi connectivity index (χ1) is 15.5. The molecule has 0 aliphatic carbocycles. The number of rotatable bonds is 5. The molecular formula is C26H27N3O3. The number of methoxy groups -OCH3 is 1. The first-order valence-corrected chi connectivity index (χ1v) is 10.7. The lowest BCUT2D eigenvalue weighted by Gasteiger charge is -2.23. The predicted molar refractivity (Wildman–Crippen MR) is 123 cm³/mol. The summed E-state index contributed by atoms with van der Waals surface area (Å²) in [5.41, 5.74) is 3.89. The van der Waals surface area contributed by atoms with Gasteiger partial charge in [0.1, 0.15) is 5.75 Å². The van der Waals surface area contributed by atoms with Crippen molar-refractivity contribution in [3.8, 4) is 16.9 Å². The van der Waals surface area contributed by atoms with E-state index < -0.39 is 0 Å². The monoisotopic (exact) mass is 429 g/mol. The summed E-state index contributed by atoms with van der Waals surface area (Å²) in [5, 5.41) is 0. The average molecular weight is 430 g/mol. The molecule has 1 aliphatic heterocycles. The summed E-state index contributed by atoms with van der Waals surface area (Å²) in [6.07, 6.45) is 3.82. The Morgan fingerprint density at radius 1 is 0.969 bits per heavy atom. The Morgan fingerprint density at radius 2 is 1.59 bits per heavy atom. The summed E-state index contributed by atoms with van der Waals surface area (Å²) < 4.78 is 5.22. The highest BCUT2D eigenvalue weighted by Crippen LogP contribution is 2.24. The molecule has 6 heteroatoms. The minimum atomic E-state index is -0.278. The Labute approximate surface area is 188 Å². The van der Waals surface area contributed by atoms with Crippen LogP contribution in [0.3, 0.4) is 0 Å². The van der Waals surface area contributed by atoms with E-state index in [-0.39, 0.29) is 17.7 Å². The zero-order valence-electron chi connectivity index (χ0n) is 18.4. The van der Waals surface area contributed by atoms with E-state index in [0.29, 0.717) is 31.6 Å². The van der Waals surface area contributed by atoms with Crippen LogP contribution in [-0.2, 0) is 11.2 Å². The van der Waals surface area contributed by atoms with Crippen molar-refractivity contribution in [2.24, 2.45) is 5.92 Å². The van der Waals surface area contributed by atoms with Gasteiger partial charge in [-0.1, -0.05) is 36.4 Å². The minimum Gasteiger partial charge on any atom is -0.497 e. The fraction of sp³-hybridized carbons (Fsp3) is 0.269. The Bertz CT molecular complexity index is 1070. The summed E-state index contributed by atoms with van der Waals surface area (Å²) >= 11 is 0. The van der Waals surface area contributed by atoms with E-state index in [1.807, 2.05) is 31.3 Å². The molecular weight excluding hydrogens is 402 g/mol. The van der Waals surface area contributed by atoms with Gasteiger partial charge in [-0.05, 0) is 47.4 Å². The van der Waals surface area contributed by atoms with Gasteiger partial charge in [0.15, 0.2) is 0 Å². The standard InChI is InChI=1S/C26H27N3O3/c1-28-15-16-29(26(31)22-11-13-27-14-12-22)18-23(25(28)30)17-19-3-5-20(6-4-19)21-7-9-24(32-2)10-8-21/h3-14,23H,15-18H2,1-2H3/t23-/m0/s1. The van der Waals surface area contributed by atoms with Gasteiger partial charge in [0, 0.05) is 44.6 Å². The molecule has 0 spiro atoms. The number of hydrogen-bond donors (Lipinski definition) is 0. The number of hydrogen-bond acceptors (Lipinski definition) is 4. The number of pyridine rings is 1. The number of carbonyl (C=O) groups is 2. The van der Waals surface area contributed by atoms with Crippen LogP contribution in [0.15, 0.2) is 73.1 Å². The van der Waals surface area contributed by atoms with Gasteiger partial charge in [0.25, 0.3) is 5.91 Å². The highest BCUT2D eigenvalue weighted by atomic mass is 16.5. The van der Waals surface area contributed by atoms with Crippen LogP contribution >= 0.6 is 0 Å². The van der Waals surface area contributed by atoms with E-state index in [4.69, 9.17) is 4.74 Å². The van der Waals surface area contributed by atoms with Crippen LogP contribution in [0.2, 0.25) is 0 Å². The molecule has 1 saturated heterocycles. The molecule has 3 aromatic rings. The third-order valence-corrected chi connectivity index (χ3v) is 5.95. The molecule has 1 fully saturated rings. The zero-order chi connectivity index (χ0) is 22.5. The van der Waals surface area contributed by atoms with Gasteiger partial charge >= 0.3 is 0 Å². The van der Waals surface area contributed by atoms with E-state index in [1.165, 1.54) is 0 Å². The normalized spacial score (nSPS) is 16.6. The summed E-state index contributed by atoms with van der Waals surface area (Å²) in [7, 11) is 3.46. The smallest absolute Gasteiger partial charge is 0.254 e. The predicted octanol–water partition coefficient (Wildman–Crippen LogP) is 3.53. The van der Waals surface area contributed by atoms with Crippen LogP contribution in [-0.4, -0.2) is 60.4 Å². The van der Waals surface area contributed by atoms with Crippen molar-refractivity contribution >= 4 is 11.8 Å². The first kappa shape index (κ1) is 21.6. The Morgan fingerprint density at radius 3 is 2.22 bits per heavy atom. The number of ether oxygens (including phenoxy) is 1. The van der Waals surface area contributed by atoms with E-state index in [0.717, 1.165) is 22.4 Å². The van der Waals surface area contributed by atoms with Crippen LogP contribution in [0.25, 0.3) is 11.1 Å². The number of carbonyl (C=O) groups excluding carboxylic acids is 2. The van der Waals surface area contributed by atoms with Crippen molar-refractivity contribution in [1.29, 1.82) is 0 Å². The second kappa shape index (κ2) is 9.64. The molecule has 0 unspecified atom stereocenters. The average Bonchev–Trinajstić information content (AvgIpc) is 2.98. The van der Waals surface area contributed by atoms with Gasteiger partial charge in [-0.25, -0.2) is 0 Å². The third-order valence-electron chi connectivity index (χ3n) is 5.95. The maximum Gasteiger partial charge on any atom is 0.254 e. The fourth-order valence-electron chi connectivity index (χ4n) is 4.04. The van der Waals surface area contributed by atoms with E-state index in [1.54, 1.807) is 41.4 Å². The van der Waals surface area contributed by atoms with Gasteiger partial charge in [-0.3, -0.25) is 14.6 Å². The van der Waals surface area contributed by atoms with Crippen molar-refractivity contribution in [2.75, 3.05) is 33.8 Å². The van der Waals surface area contributed by atoms with Gasteiger partial charge in [-0.2, -0.15) is 0 Å². The molecule has 2 heterocycles. The fourth-order valence-corrected chi connectivity index (χ4v) is 4.04. The van der Waals surface area contributed by atoms with Crippen molar-refractivity contribution in [2.45, 2.75) is 6.42 Å². The maximum absolute atomic E-state index is 13.0. The maximum atomic E-state index is 13.0. The topological polar surface area (TPSA) is 62.7 Å². The number of likely N-dealkylation sites (N-methyl/N-ethyl adjacent to an activating group) is 1. The van der Waals surface area contributed by atoms with Crippen LogP contribution < -0.4 is 4.74 Å². The molecule has 1 aromatic heterocycles. The summed E-state index contributed by atoms with van der Waals surface area (Å²) in [6.45, 7) is 1.46. The molecule has 164 valence electrons. The number of benzene rings is 2. The van der Waals surface area contributed by atoms with E-state index in [2.05, 4.69) is 29.2 Å². The number of aromatic nitrogens is 1. The molecule has 1 aliphatic rings. The van der Waals surface area contributed by atoms with Gasteiger partial charge < -0.3 is 14.5 Å². The highest BCUT2D eigenvalue weighted by molar-refractivity contribution is 5.94. The second-order valence-corrected chi connectivity index (χ2v) is 8.07. The van der Waals surface area contributed by atoms with Crippen LogP contribution in [0.1, 0.15) is 15.9 Å². The van der Waals surface area contributed by atoms with Gasteiger partial charge in [0.2, 0.25) is 5.91 Å². The molecule has 2 aromatic carbocycles. The minimum absolute atomic E-state index is 0.0599. The van der Waals surface area contributed by atoms with Crippen molar-refractivity contribution in [3.63, 3.8) is 0 Å². The van der Waals surface area contributed by atoms with Crippen LogP contribution in [0.4, 0.5) is 0 Å². The molecule has 0 N–H and O–H groups in total. The van der Waals surface area contributed by atoms with Gasteiger partial charge in [0.05, 0.1) is 13.0 Å². The second-order valence-electron chi connectivity index (χ2n) is 8.07. The molecule has 32 heavy (non-hydrogen) atoms. The lowest BCUT2D eigenvalue weighted by molar-refractivity contribution is -0.133. The largest absolute Gasteiger partial charge is 0.497 e. The van der Waals surface area contributed by atoms with Crippen LogP contribution in [0.5, 0.6) is 5.75 Å². The molecule has 0 saturated carbocycles. The number of nitrogens with zero attached hydrogens (tertiary/aromatic N) is 3. The lowest BCUT2D eigenvalue weighted by Crippen LogP contribution is -2.37. The van der Waals surface area contributed by atoms with Crippen molar-refractivity contribution < 1.29 is 14.3 Å². The molecule has 0 bridgehead atoms. The highest BCUT2D eigenvalue weighted by Gasteiger charge is 2.31. The lowest BCUT2D eigenvalue weighted by atomic mass is 9.95. The SMILES string of the molecule is COc1ccc(-c2ccc(C[C@H]3CN(C(=O)c4ccncc4)CCN(C)C3=O)cc2)cc1. The van der Waals surface area contributed by atoms with Crippen LogP contribution in [0, 0.1) is 5.92 Å². The summed E-state index contributed by atoms with van der Waals surface area (Å²) in [5.74, 6) is 0.567. The Kier molecular flexibility index (Phi) is 6.50. The molecule has 4 rings (SSSR count). The molecule has 2 amide bonds. The molecule has 0 radical (unpaired) electrons. The quantitative estimate of drug-likeness (QED) is 0.623. The molecule has 1 atom stereocenters. The van der Waals surface area contributed by atoms with Crippen molar-refractivity contribution in [3.05, 3.63) is 84.2 Å². The Hall–Kier alpha value is -3.67. The summed E-state index contributed by atoms with van der Waals surface area (Å²) in [6, 6.07) is 19.6. The number of amides is 2. The Balaban J connectivity index is 1.49. The van der Waals surface area contributed by atoms with Crippen molar-refractivity contribution in [1.82, 2.24) is 14.8 Å². The summed E-state index contributed by atoms with van der Waals surface area (Å²) in [4.78, 5) is 33.4. The zero-order valence-corrected chi connectivity index (χ0v) is 18.4. The van der Waals surface area contributed by atoms with E-state index >= 15 is 0 Å². The third kappa shape index (κ3) is 4.80. The first-order valence-electron chi connectivity index (χ1n) is 10.7. The van der Waals surface area contributed by atoms with Gasteiger partial charge in [-0.15, -0.1) is 0 Å².